The standard InChI is InChI=1S/C17H25ClN2O3/c1-19-7-5-6-12(10-19)11-20(2)17(21)13-8-14(18)16(23-4)15(9-13)22-3/h8-9,12H,5-7,10-11H2,1-4H3/t12-/m0/s1. The molecule has 0 N–H and O–H groups in total. The van der Waals surface area contributed by atoms with Crippen LogP contribution >= 0.6 is 11.6 Å². The third-order valence-corrected chi connectivity index (χ3v) is 4.56. The van der Waals surface area contributed by atoms with Crippen molar-refractivity contribution in [2.24, 2.45) is 5.92 Å². The van der Waals surface area contributed by atoms with Gasteiger partial charge in [-0.25, -0.2) is 0 Å². The molecule has 128 valence electrons. The number of methoxy groups -OCH3 is 2. The summed E-state index contributed by atoms with van der Waals surface area (Å²) in [7, 11) is 7.02. The van der Waals surface area contributed by atoms with E-state index in [4.69, 9.17) is 21.1 Å². The minimum atomic E-state index is -0.0546. The van der Waals surface area contributed by atoms with Crippen molar-refractivity contribution in [3.05, 3.63) is 22.7 Å². The predicted molar refractivity (Wildman–Crippen MR) is 91.7 cm³/mol. The van der Waals surface area contributed by atoms with Gasteiger partial charge in [0.05, 0.1) is 19.2 Å². The summed E-state index contributed by atoms with van der Waals surface area (Å²) in [5, 5.41) is 0.376. The Balaban J connectivity index is 2.11. The minimum Gasteiger partial charge on any atom is -0.493 e. The van der Waals surface area contributed by atoms with Crippen LogP contribution < -0.4 is 9.47 Å². The molecule has 1 saturated heterocycles. The fourth-order valence-electron chi connectivity index (χ4n) is 3.15. The molecule has 1 aromatic carbocycles. The van der Waals surface area contributed by atoms with Gasteiger partial charge in [0.1, 0.15) is 0 Å². The van der Waals surface area contributed by atoms with E-state index >= 15 is 0 Å². The van der Waals surface area contributed by atoms with Gasteiger partial charge in [-0.1, -0.05) is 11.6 Å². The number of nitrogens with zero attached hydrogens (tertiary/aromatic N) is 2. The highest BCUT2D eigenvalue weighted by Crippen LogP contribution is 2.36. The molecule has 0 unspecified atom stereocenters. The maximum absolute atomic E-state index is 12.7. The second-order valence-corrected chi connectivity index (χ2v) is 6.56. The lowest BCUT2D eigenvalue weighted by atomic mass is 9.98. The van der Waals surface area contributed by atoms with Crippen molar-refractivity contribution in [2.75, 3.05) is 47.9 Å². The van der Waals surface area contributed by atoms with E-state index in [-0.39, 0.29) is 5.91 Å². The number of rotatable bonds is 5. The predicted octanol–water partition coefficient (Wildman–Crippen LogP) is 2.77. The fourth-order valence-corrected chi connectivity index (χ4v) is 3.44. The zero-order valence-corrected chi connectivity index (χ0v) is 15.0. The normalized spacial score (nSPS) is 18.6. The Bertz CT molecular complexity index is 565. The van der Waals surface area contributed by atoms with Gasteiger partial charge in [0, 0.05) is 25.7 Å². The van der Waals surface area contributed by atoms with Crippen LogP contribution in [0.2, 0.25) is 5.02 Å². The number of hydrogen-bond acceptors (Lipinski definition) is 4. The number of piperidine rings is 1. The molecule has 0 spiro atoms. The minimum absolute atomic E-state index is 0.0546. The van der Waals surface area contributed by atoms with Crippen molar-refractivity contribution in [2.45, 2.75) is 12.8 Å². The molecule has 23 heavy (non-hydrogen) atoms. The molecule has 2 rings (SSSR count). The highest BCUT2D eigenvalue weighted by Gasteiger charge is 2.23. The van der Waals surface area contributed by atoms with E-state index in [0.29, 0.717) is 28.0 Å². The number of carbonyl (C=O) groups is 1. The van der Waals surface area contributed by atoms with Crippen LogP contribution in [0.1, 0.15) is 23.2 Å². The first-order chi connectivity index (χ1) is 11.0. The summed E-state index contributed by atoms with van der Waals surface area (Å²) in [6.07, 6.45) is 2.35. The average molecular weight is 341 g/mol. The number of benzene rings is 1. The molecule has 0 aromatic heterocycles. The molecule has 6 heteroatoms. The quantitative estimate of drug-likeness (QED) is 0.826. The van der Waals surface area contributed by atoms with E-state index < -0.39 is 0 Å². The smallest absolute Gasteiger partial charge is 0.253 e. The zero-order valence-electron chi connectivity index (χ0n) is 14.3. The molecule has 0 aliphatic carbocycles. The van der Waals surface area contributed by atoms with E-state index in [1.165, 1.54) is 20.6 Å². The molecule has 1 atom stereocenters. The third kappa shape index (κ3) is 4.30. The average Bonchev–Trinajstić information content (AvgIpc) is 2.53. The molecule has 1 aliphatic rings. The first-order valence-corrected chi connectivity index (χ1v) is 8.19. The van der Waals surface area contributed by atoms with Crippen LogP contribution in [0.3, 0.4) is 0 Å². The summed E-state index contributed by atoms with van der Waals surface area (Å²) in [5.41, 5.74) is 0.513. The maximum atomic E-state index is 12.7. The fraction of sp³-hybridized carbons (Fsp3) is 0.588. The van der Waals surface area contributed by atoms with Crippen LogP contribution in [-0.2, 0) is 0 Å². The number of likely N-dealkylation sites (tertiary alicyclic amines) is 1. The number of halogens is 1. The summed E-state index contributed by atoms with van der Waals surface area (Å²) >= 11 is 6.19. The Hall–Kier alpha value is -1.46. The number of hydrogen-bond donors (Lipinski definition) is 0. The maximum Gasteiger partial charge on any atom is 0.253 e. The van der Waals surface area contributed by atoms with E-state index in [1.807, 2.05) is 7.05 Å². The first-order valence-electron chi connectivity index (χ1n) is 7.81. The molecule has 1 aromatic rings. The second kappa shape index (κ2) is 7.88. The van der Waals surface area contributed by atoms with Gasteiger partial charge in [0.25, 0.3) is 5.91 Å². The Kier molecular flexibility index (Phi) is 6.13. The zero-order chi connectivity index (χ0) is 17.0. The lowest BCUT2D eigenvalue weighted by molar-refractivity contribution is 0.0740. The van der Waals surface area contributed by atoms with Crippen molar-refractivity contribution in [3.63, 3.8) is 0 Å². The number of amides is 1. The summed E-state index contributed by atoms with van der Waals surface area (Å²) in [6.45, 7) is 2.92. The van der Waals surface area contributed by atoms with Crippen LogP contribution in [0, 0.1) is 5.92 Å². The molecule has 5 nitrogen and oxygen atoms in total. The van der Waals surface area contributed by atoms with Gasteiger partial charge in [0.15, 0.2) is 11.5 Å². The summed E-state index contributed by atoms with van der Waals surface area (Å²) in [6, 6.07) is 3.31. The van der Waals surface area contributed by atoms with E-state index in [2.05, 4.69) is 11.9 Å². The van der Waals surface area contributed by atoms with Gasteiger partial charge in [-0.15, -0.1) is 0 Å². The Morgan fingerprint density at radius 1 is 1.39 bits per heavy atom. The molecule has 1 heterocycles. The van der Waals surface area contributed by atoms with Crippen molar-refractivity contribution >= 4 is 17.5 Å². The van der Waals surface area contributed by atoms with Crippen molar-refractivity contribution in [1.82, 2.24) is 9.80 Å². The van der Waals surface area contributed by atoms with Crippen LogP contribution in [0.15, 0.2) is 12.1 Å². The van der Waals surface area contributed by atoms with Crippen molar-refractivity contribution < 1.29 is 14.3 Å². The molecular weight excluding hydrogens is 316 g/mol. The highest BCUT2D eigenvalue weighted by atomic mass is 35.5. The summed E-state index contributed by atoms with van der Waals surface area (Å²) < 4.78 is 10.5. The molecular formula is C17H25ClN2O3. The number of ether oxygens (including phenoxy) is 2. The summed E-state index contributed by atoms with van der Waals surface area (Å²) in [5.74, 6) is 1.37. The van der Waals surface area contributed by atoms with Crippen molar-refractivity contribution in [1.29, 1.82) is 0 Å². The molecule has 1 amide bonds. The molecule has 0 saturated carbocycles. The molecule has 1 fully saturated rings. The Morgan fingerprint density at radius 3 is 2.74 bits per heavy atom. The Labute approximate surface area is 143 Å². The lowest BCUT2D eigenvalue weighted by Gasteiger charge is -2.32. The van der Waals surface area contributed by atoms with Gasteiger partial charge < -0.3 is 19.3 Å². The third-order valence-electron chi connectivity index (χ3n) is 4.28. The lowest BCUT2D eigenvalue weighted by Crippen LogP contribution is -2.40. The van der Waals surface area contributed by atoms with E-state index in [9.17, 15) is 4.79 Å². The van der Waals surface area contributed by atoms with Gasteiger partial charge in [0.2, 0.25) is 0 Å². The summed E-state index contributed by atoms with van der Waals surface area (Å²) in [4.78, 5) is 16.8. The second-order valence-electron chi connectivity index (χ2n) is 6.15. The largest absolute Gasteiger partial charge is 0.493 e. The monoisotopic (exact) mass is 340 g/mol. The molecule has 0 radical (unpaired) electrons. The topological polar surface area (TPSA) is 42.0 Å². The SMILES string of the molecule is COc1cc(C(=O)N(C)C[C@H]2CCCN(C)C2)cc(Cl)c1OC. The van der Waals surface area contributed by atoms with Crippen LogP contribution in [0.5, 0.6) is 11.5 Å². The van der Waals surface area contributed by atoms with E-state index in [0.717, 1.165) is 26.1 Å². The highest BCUT2D eigenvalue weighted by molar-refractivity contribution is 6.32. The van der Waals surface area contributed by atoms with Gasteiger partial charge in [-0.05, 0) is 44.5 Å². The van der Waals surface area contributed by atoms with Gasteiger partial charge in [-0.3, -0.25) is 4.79 Å². The van der Waals surface area contributed by atoms with Gasteiger partial charge >= 0.3 is 0 Å². The molecule has 1 aliphatic heterocycles. The van der Waals surface area contributed by atoms with Crippen LogP contribution in [-0.4, -0.2) is 63.7 Å². The van der Waals surface area contributed by atoms with Crippen LogP contribution in [0.4, 0.5) is 0 Å². The first kappa shape index (κ1) is 17.9. The molecule has 0 bridgehead atoms. The van der Waals surface area contributed by atoms with Crippen molar-refractivity contribution in [3.8, 4) is 11.5 Å². The van der Waals surface area contributed by atoms with Crippen LogP contribution in [0.25, 0.3) is 0 Å². The van der Waals surface area contributed by atoms with E-state index in [1.54, 1.807) is 17.0 Å². The number of carbonyl (C=O) groups excluding carboxylic acids is 1. The Morgan fingerprint density at radius 2 is 2.13 bits per heavy atom. The van der Waals surface area contributed by atoms with Gasteiger partial charge in [-0.2, -0.15) is 0 Å².